The predicted molar refractivity (Wildman–Crippen MR) is 97.4 cm³/mol. The number of hydrogen-bond donors (Lipinski definition) is 1. The number of methoxy groups -OCH3 is 1. The van der Waals surface area contributed by atoms with E-state index < -0.39 is 0 Å². The zero-order valence-corrected chi connectivity index (χ0v) is 14.9. The molecule has 2 rings (SSSR count). The molecule has 1 aliphatic rings. The second-order valence-electron chi connectivity index (χ2n) is 5.96. The lowest BCUT2D eigenvalue weighted by atomic mass is 10.0. The number of unbranched alkanes of at least 4 members (excludes halogenated alkanes) is 1. The Balaban J connectivity index is 1.95. The molecule has 6 heteroatoms. The second-order valence-corrected chi connectivity index (χ2v) is 5.96. The molecule has 1 aromatic heterocycles. The van der Waals surface area contributed by atoms with Crippen LogP contribution in [-0.2, 0) is 0 Å². The molecule has 5 nitrogen and oxygen atoms in total. The number of amides is 2. The van der Waals surface area contributed by atoms with Crippen molar-refractivity contribution in [3.05, 3.63) is 41.9 Å². The highest BCUT2D eigenvalue weighted by atomic mass is 19.1. The van der Waals surface area contributed by atoms with Gasteiger partial charge in [-0.25, -0.2) is 14.2 Å². The third kappa shape index (κ3) is 5.89. The number of anilines is 1. The molecule has 0 spiro atoms. The molecule has 0 atom stereocenters. The van der Waals surface area contributed by atoms with Crippen molar-refractivity contribution in [2.75, 3.05) is 25.5 Å². The number of pyridine rings is 1. The van der Waals surface area contributed by atoms with Crippen molar-refractivity contribution < 1.29 is 13.9 Å². The van der Waals surface area contributed by atoms with Crippen molar-refractivity contribution in [1.29, 1.82) is 0 Å². The van der Waals surface area contributed by atoms with Gasteiger partial charge in [-0.15, -0.1) is 0 Å². The summed E-state index contributed by atoms with van der Waals surface area (Å²) in [6.45, 7) is 3.19. The zero-order chi connectivity index (χ0) is 18.1. The van der Waals surface area contributed by atoms with E-state index in [1.165, 1.54) is 0 Å². The molecule has 0 aromatic carbocycles. The lowest BCUT2D eigenvalue weighted by Crippen LogP contribution is -2.37. The van der Waals surface area contributed by atoms with Crippen LogP contribution in [0.2, 0.25) is 0 Å². The molecular formula is C19H26FN3O2. The van der Waals surface area contributed by atoms with Crippen molar-refractivity contribution in [1.82, 2.24) is 9.88 Å². The fourth-order valence-corrected chi connectivity index (χ4v) is 2.60. The van der Waals surface area contributed by atoms with Gasteiger partial charge in [0.15, 0.2) is 0 Å². The Morgan fingerprint density at radius 1 is 1.32 bits per heavy atom. The summed E-state index contributed by atoms with van der Waals surface area (Å²) < 4.78 is 18.9. The summed E-state index contributed by atoms with van der Waals surface area (Å²) >= 11 is 0. The van der Waals surface area contributed by atoms with E-state index in [4.69, 9.17) is 4.74 Å². The average molecular weight is 347 g/mol. The van der Waals surface area contributed by atoms with Gasteiger partial charge in [0.05, 0.1) is 13.3 Å². The Morgan fingerprint density at radius 3 is 2.76 bits per heavy atom. The van der Waals surface area contributed by atoms with Crippen LogP contribution in [-0.4, -0.2) is 36.1 Å². The number of nitrogens with one attached hydrogen (secondary N) is 1. The Hall–Kier alpha value is -2.37. The minimum atomic E-state index is -0.216. The molecule has 0 bridgehead atoms. The van der Waals surface area contributed by atoms with Crippen LogP contribution in [0.3, 0.4) is 0 Å². The average Bonchev–Trinajstić information content (AvgIpc) is 2.63. The highest BCUT2D eigenvalue weighted by molar-refractivity contribution is 5.88. The number of rotatable bonds is 8. The number of halogens is 1. The van der Waals surface area contributed by atoms with E-state index in [1.807, 2.05) is 6.08 Å². The summed E-state index contributed by atoms with van der Waals surface area (Å²) in [6, 6.07) is 3.22. The van der Waals surface area contributed by atoms with Crippen molar-refractivity contribution in [2.45, 2.75) is 39.0 Å². The van der Waals surface area contributed by atoms with Gasteiger partial charge in [0.2, 0.25) is 0 Å². The molecule has 1 heterocycles. The van der Waals surface area contributed by atoms with Gasteiger partial charge in [-0.05, 0) is 49.5 Å². The van der Waals surface area contributed by atoms with Crippen LogP contribution >= 0.6 is 0 Å². The van der Waals surface area contributed by atoms with E-state index in [0.717, 1.165) is 25.7 Å². The molecule has 0 unspecified atom stereocenters. The first-order chi connectivity index (χ1) is 12.1. The van der Waals surface area contributed by atoms with E-state index in [-0.39, 0.29) is 11.9 Å². The summed E-state index contributed by atoms with van der Waals surface area (Å²) in [5, 5.41) is 2.79. The molecule has 25 heavy (non-hydrogen) atoms. The van der Waals surface area contributed by atoms with Crippen molar-refractivity contribution in [2.24, 2.45) is 0 Å². The van der Waals surface area contributed by atoms with Crippen LogP contribution < -0.4 is 10.1 Å². The summed E-state index contributed by atoms with van der Waals surface area (Å²) in [5.74, 6) is 0.946. The van der Waals surface area contributed by atoms with Gasteiger partial charge in [-0.3, -0.25) is 5.32 Å². The number of carbonyl (C=O) groups excluding carboxylic acids is 1. The maximum absolute atomic E-state index is 13.8. The number of urea groups is 1. The first kappa shape index (κ1) is 19.0. The molecule has 0 radical (unpaired) electrons. The molecule has 136 valence electrons. The van der Waals surface area contributed by atoms with E-state index in [1.54, 1.807) is 36.4 Å². The van der Waals surface area contributed by atoms with Crippen LogP contribution in [0.4, 0.5) is 15.0 Å². The fraction of sp³-hybridized carbons (Fsp3) is 0.474. The molecule has 1 aromatic rings. The second kappa shape index (κ2) is 9.81. The molecule has 1 aliphatic carbocycles. The third-order valence-corrected chi connectivity index (χ3v) is 4.11. The third-order valence-electron chi connectivity index (χ3n) is 4.11. The molecular weight excluding hydrogens is 321 g/mol. The van der Waals surface area contributed by atoms with Crippen LogP contribution in [0, 0.1) is 0 Å². The van der Waals surface area contributed by atoms with Crippen LogP contribution in [0.5, 0.6) is 5.75 Å². The minimum absolute atomic E-state index is 0.154. The Morgan fingerprint density at radius 2 is 2.12 bits per heavy atom. The lowest BCUT2D eigenvalue weighted by Gasteiger charge is -2.23. The largest absolute Gasteiger partial charge is 0.495 e. The summed E-state index contributed by atoms with van der Waals surface area (Å²) in [6.07, 6.45) is 9.12. The van der Waals surface area contributed by atoms with Gasteiger partial charge in [-0.1, -0.05) is 19.4 Å². The van der Waals surface area contributed by atoms with E-state index in [0.29, 0.717) is 36.7 Å². The molecule has 2 amide bonds. The Kier molecular flexibility index (Phi) is 7.44. The maximum Gasteiger partial charge on any atom is 0.323 e. The molecule has 0 fully saturated rings. The van der Waals surface area contributed by atoms with Gasteiger partial charge in [0.1, 0.15) is 17.4 Å². The van der Waals surface area contributed by atoms with Crippen molar-refractivity contribution >= 4 is 11.8 Å². The van der Waals surface area contributed by atoms with E-state index >= 15 is 0 Å². The standard InChI is InChI=1S/C19H26FN3O2/c1-3-4-12-23(13-11-15-7-5-6-8-17(15)20)19(24)22-18-10-9-16(25-2)14-21-18/h7-10,14H,3-6,11-13H2,1-2H3,(H,21,22,24). The molecule has 0 saturated carbocycles. The predicted octanol–water partition coefficient (Wildman–Crippen LogP) is 4.69. The number of nitrogens with zero attached hydrogens (tertiary/aromatic N) is 2. The van der Waals surface area contributed by atoms with Crippen molar-refractivity contribution in [3.8, 4) is 5.75 Å². The first-order valence-electron chi connectivity index (χ1n) is 8.75. The number of allylic oxidation sites excluding steroid dienone is 3. The summed E-state index contributed by atoms with van der Waals surface area (Å²) in [7, 11) is 1.56. The number of ether oxygens (including phenoxy) is 1. The smallest absolute Gasteiger partial charge is 0.323 e. The summed E-state index contributed by atoms with van der Waals surface area (Å²) in [4.78, 5) is 18.4. The highest BCUT2D eigenvalue weighted by Crippen LogP contribution is 2.23. The van der Waals surface area contributed by atoms with E-state index in [2.05, 4.69) is 17.2 Å². The number of hydrogen-bond acceptors (Lipinski definition) is 3. The van der Waals surface area contributed by atoms with Gasteiger partial charge < -0.3 is 9.64 Å². The SMILES string of the molecule is CCCCN(CCC1=CCCC=C1F)C(=O)Nc1ccc(OC)cn1. The normalized spacial score (nSPS) is 13.7. The fourth-order valence-electron chi connectivity index (χ4n) is 2.60. The van der Waals surface area contributed by atoms with Gasteiger partial charge in [-0.2, -0.15) is 0 Å². The molecule has 0 saturated heterocycles. The summed E-state index contributed by atoms with van der Waals surface area (Å²) in [5.41, 5.74) is 0.697. The molecule has 1 N–H and O–H groups in total. The number of aromatic nitrogens is 1. The lowest BCUT2D eigenvalue weighted by molar-refractivity contribution is 0.211. The maximum atomic E-state index is 13.8. The topological polar surface area (TPSA) is 54.5 Å². The Labute approximate surface area is 148 Å². The van der Waals surface area contributed by atoms with Crippen LogP contribution in [0.15, 0.2) is 41.9 Å². The first-order valence-corrected chi connectivity index (χ1v) is 8.75. The van der Waals surface area contributed by atoms with Crippen LogP contribution in [0.25, 0.3) is 0 Å². The zero-order valence-electron chi connectivity index (χ0n) is 14.9. The van der Waals surface area contributed by atoms with Crippen LogP contribution in [0.1, 0.15) is 39.0 Å². The van der Waals surface area contributed by atoms with Gasteiger partial charge in [0, 0.05) is 13.1 Å². The van der Waals surface area contributed by atoms with E-state index in [9.17, 15) is 9.18 Å². The van der Waals surface area contributed by atoms with Gasteiger partial charge >= 0.3 is 6.03 Å². The Bertz CT molecular complexity index is 626. The van der Waals surface area contributed by atoms with Gasteiger partial charge in [0.25, 0.3) is 0 Å². The monoisotopic (exact) mass is 347 g/mol. The number of carbonyl (C=O) groups is 1. The minimum Gasteiger partial charge on any atom is -0.495 e. The highest BCUT2D eigenvalue weighted by Gasteiger charge is 2.16. The van der Waals surface area contributed by atoms with Crippen molar-refractivity contribution in [3.63, 3.8) is 0 Å². The quantitative estimate of drug-likeness (QED) is 0.742. The molecule has 0 aliphatic heterocycles.